The zero-order valence-electron chi connectivity index (χ0n) is 5.56. The summed E-state index contributed by atoms with van der Waals surface area (Å²) in [5, 5.41) is 6.86. The fourth-order valence-electron chi connectivity index (χ4n) is 1.82. The molecule has 1 saturated carbocycles. The summed E-state index contributed by atoms with van der Waals surface area (Å²) in [5.41, 5.74) is 0. The van der Waals surface area contributed by atoms with Crippen LogP contribution in [-0.4, -0.2) is 18.6 Å². The topological polar surface area (TPSA) is 24.1 Å². The van der Waals surface area contributed by atoms with Crippen molar-refractivity contribution in [3.05, 3.63) is 6.54 Å². The van der Waals surface area contributed by atoms with Gasteiger partial charge in [-0.05, 0) is 12.8 Å². The van der Waals surface area contributed by atoms with Crippen LogP contribution in [0.2, 0.25) is 0 Å². The lowest BCUT2D eigenvalue weighted by Crippen LogP contribution is -2.50. The molecule has 1 aliphatic heterocycles. The van der Waals surface area contributed by atoms with Gasteiger partial charge < -0.3 is 10.6 Å². The second-order valence-electron chi connectivity index (χ2n) is 2.92. The molecule has 0 aromatic rings. The van der Waals surface area contributed by atoms with Gasteiger partial charge in [-0.3, -0.25) is 0 Å². The average molecular weight is 125 g/mol. The quantitative estimate of drug-likeness (QED) is 0.485. The molecule has 2 heteroatoms. The number of piperazine rings is 1. The molecule has 0 aromatic carbocycles. The maximum absolute atomic E-state index is 3.46. The Hall–Kier alpha value is -0.0800. The highest BCUT2D eigenvalue weighted by atomic mass is 15.1. The van der Waals surface area contributed by atoms with Crippen molar-refractivity contribution in [2.45, 2.75) is 31.3 Å². The van der Waals surface area contributed by atoms with E-state index in [1.807, 2.05) is 0 Å². The first-order valence-electron chi connectivity index (χ1n) is 3.78. The molecular weight excluding hydrogens is 112 g/mol. The van der Waals surface area contributed by atoms with E-state index in [4.69, 9.17) is 0 Å². The van der Waals surface area contributed by atoms with Crippen LogP contribution in [0.25, 0.3) is 0 Å². The molecule has 2 atom stereocenters. The van der Waals surface area contributed by atoms with Crippen molar-refractivity contribution in [2.24, 2.45) is 0 Å². The summed E-state index contributed by atoms with van der Waals surface area (Å²) in [4.78, 5) is 0. The third kappa shape index (κ3) is 0.970. The summed E-state index contributed by atoms with van der Waals surface area (Å²) in [6.07, 6.45) is 4.11. The maximum Gasteiger partial charge on any atom is 0.0362 e. The fourth-order valence-corrected chi connectivity index (χ4v) is 1.82. The van der Waals surface area contributed by atoms with Crippen molar-refractivity contribution in [2.75, 3.05) is 6.54 Å². The van der Waals surface area contributed by atoms with Gasteiger partial charge in [0.2, 0.25) is 0 Å². The molecule has 0 aromatic heterocycles. The summed E-state index contributed by atoms with van der Waals surface area (Å²) in [6, 6.07) is 1.52. The second-order valence-corrected chi connectivity index (χ2v) is 2.92. The molecule has 2 fully saturated rings. The standard InChI is InChI=1S/C7H13N2/c1-2-6-7(3-1)9-5-4-8-6/h4,6-9H,1-3,5H2. The minimum absolute atomic E-state index is 0.749. The molecule has 9 heavy (non-hydrogen) atoms. The van der Waals surface area contributed by atoms with E-state index in [2.05, 4.69) is 17.2 Å². The molecule has 2 rings (SSSR count). The van der Waals surface area contributed by atoms with Crippen molar-refractivity contribution >= 4 is 0 Å². The van der Waals surface area contributed by atoms with E-state index in [9.17, 15) is 0 Å². The van der Waals surface area contributed by atoms with E-state index in [0.29, 0.717) is 0 Å². The first-order valence-corrected chi connectivity index (χ1v) is 3.78. The van der Waals surface area contributed by atoms with E-state index in [0.717, 1.165) is 18.6 Å². The largest absolute Gasteiger partial charge is 0.311 e. The summed E-state index contributed by atoms with van der Waals surface area (Å²) in [6.45, 7) is 3.17. The van der Waals surface area contributed by atoms with Gasteiger partial charge >= 0.3 is 0 Å². The van der Waals surface area contributed by atoms with Crippen molar-refractivity contribution in [3.63, 3.8) is 0 Å². The van der Waals surface area contributed by atoms with E-state index in [1.54, 1.807) is 0 Å². The van der Waals surface area contributed by atoms with Crippen LogP contribution in [0.3, 0.4) is 0 Å². The second kappa shape index (κ2) is 2.27. The summed E-state index contributed by atoms with van der Waals surface area (Å²) < 4.78 is 0. The van der Waals surface area contributed by atoms with Crippen molar-refractivity contribution < 1.29 is 0 Å². The lowest BCUT2D eigenvalue weighted by atomic mass is 10.1. The van der Waals surface area contributed by atoms with Crippen LogP contribution in [0.15, 0.2) is 0 Å². The van der Waals surface area contributed by atoms with Gasteiger partial charge in [0, 0.05) is 25.2 Å². The Morgan fingerprint density at radius 3 is 3.00 bits per heavy atom. The Labute approximate surface area is 56.0 Å². The summed E-state index contributed by atoms with van der Waals surface area (Å²) >= 11 is 0. The monoisotopic (exact) mass is 125 g/mol. The number of hydrogen-bond donors (Lipinski definition) is 2. The number of fused-ring (bicyclic) bond motifs is 1. The van der Waals surface area contributed by atoms with Crippen molar-refractivity contribution in [3.8, 4) is 0 Å². The molecule has 2 aliphatic rings. The summed E-state index contributed by atoms with van der Waals surface area (Å²) in [7, 11) is 0. The predicted octanol–water partition coefficient (Wildman–Crippen LogP) is 0.262. The smallest absolute Gasteiger partial charge is 0.0362 e. The predicted molar refractivity (Wildman–Crippen MR) is 36.9 cm³/mol. The van der Waals surface area contributed by atoms with E-state index in [1.165, 1.54) is 19.3 Å². The normalized spacial score (nSPS) is 42.7. The van der Waals surface area contributed by atoms with Crippen LogP contribution in [0.1, 0.15) is 19.3 Å². The van der Waals surface area contributed by atoms with Gasteiger partial charge in [-0.25, -0.2) is 0 Å². The number of rotatable bonds is 0. The third-order valence-corrected chi connectivity index (χ3v) is 2.33. The Bertz CT molecular complexity index is 91.1. The Balaban J connectivity index is 1.97. The lowest BCUT2D eigenvalue weighted by Gasteiger charge is -2.27. The Morgan fingerprint density at radius 1 is 1.22 bits per heavy atom. The van der Waals surface area contributed by atoms with Crippen LogP contribution in [0.4, 0.5) is 0 Å². The molecule has 1 aliphatic carbocycles. The molecule has 51 valence electrons. The van der Waals surface area contributed by atoms with Gasteiger partial charge in [0.1, 0.15) is 0 Å². The molecule has 2 nitrogen and oxygen atoms in total. The minimum atomic E-state index is 0.749. The van der Waals surface area contributed by atoms with Gasteiger partial charge in [-0.1, -0.05) is 6.42 Å². The molecule has 1 radical (unpaired) electrons. The fraction of sp³-hybridized carbons (Fsp3) is 0.857. The van der Waals surface area contributed by atoms with E-state index in [-0.39, 0.29) is 0 Å². The van der Waals surface area contributed by atoms with E-state index >= 15 is 0 Å². The third-order valence-electron chi connectivity index (χ3n) is 2.33. The minimum Gasteiger partial charge on any atom is -0.311 e. The molecular formula is C7H13N2. The van der Waals surface area contributed by atoms with Crippen LogP contribution in [0, 0.1) is 6.54 Å². The first-order chi connectivity index (χ1) is 4.47. The average Bonchev–Trinajstić information content (AvgIpc) is 2.33. The highest BCUT2D eigenvalue weighted by Crippen LogP contribution is 2.20. The van der Waals surface area contributed by atoms with Crippen LogP contribution in [0.5, 0.6) is 0 Å². The Kier molecular flexibility index (Phi) is 1.44. The zero-order chi connectivity index (χ0) is 6.10. The maximum atomic E-state index is 3.46. The van der Waals surface area contributed by atoms with Crippen molar-refractivity contribution in [1.82, 2.24) is 10.6 Å². The summed E-state index contributed by atoms with van der Waals surface area (Å²) in [5.74, 6) is 0. The molecule has 1 saturated heterocycles. The molecule has 2 unspecified atom stereocenters. The molecule has 2 N–H and O–H groups in total. The molecule has 0 spiro atoms. The van der Waals surface area contributed by atoms with Crippen LogP contribution < -0.4 is 10.6 Å². The molecule has 1 heterocycles. The van der Waals surface area contributed by atoms with Crippen LogP contribution in [-0.2, 0) is 0 Å². The number of hydrogen-bond acceptors (Lipinski definition) is 2. The van der Waals surface area contributed by atoms with Gasteiger partial charge in [0.05, 0.1) is 0 Å². The van der Waals surface area contributed by atoms with Crippen molar-refractivity contribution in [1.29, 1.82) is 0 Å². The lowest BCUT2D eigenvalue weighted by molar-refractivity contribution is 0.391. The molecule has 0 bridgehead atoms. The van der Waals surface area contributed by atoms with E-state index < -0.39 is 0 Å². The molecule has 0 amide bonds. The number of nitrogens with one attached hydrogen (secondary N) is 2. The SMILES string of the molecule is [CH]1CNC2CCCC2N1. The Morgan fingerprint density at radius 2 is 2.11 bits per heavy atom. The highest BCUT2D eigenvalue weighted by molar-refractivity contribution is 4.95. The van der Waals surface area contributed by atoms with Gasteiger partial charge in [0.25, 0.3) is 0 Å². The van der Waals surface area contributed by atoms with Gasteiger partial charge in [-0.2, -0.15) is 0 Å². The van der Waals surface area contributed by atoms with Gasteiger partial charge in [-0.15, -0.1) is 0 Å². The van der Waals surface area contributed by atoms with Crippen LogP contribution >= 0.6 is 0 Å². The zero-order valence-corrected chi connectivity index (χ0v) is 5.56. The van der Waals surface area contributed by atoms with Gasteiger partial charge in [0.15, 0.2) is 0 Å². The first kappa shape index (κ1) is 5.69. The highest BCUT2D eigenvalue weighted by Gasteiger charge is 2.28.